The van der Waals surface area contributed by atoms with E-state index in [0.29, 0.717) is 17.0 Å². The Morgan fingerprint density at radius 2 is 2.31 bits per heavy atom. The van der Waals surface area contributed by atoms with Gasteiger partial charge < -0.3 is 15.6 Å². The molecule has 9 heteroatoms. The van der Waals surface area contributed by atoms with Gasteiger partial charge in [0.2, 0.25) is 0 Å². The molecule has 0 aliphatic rings. The zero-order chi connectivity index (χ0) is 11.5. The summed E-state index contributed by atoms with van der Waals surface area (Å²) in [5, 5.41) is 25.6. The highest BCUT2D eigenvalue weighted by Crippen LogP contribution is 2.14. The van der Waals surface area contributed by atoms with Gasteiger partial charge in [0.1, 0.15) is 6.33 Å². The van der Waals surface area contributed by atoms with Gasteiger partial charge in [0.25, 0.3) is 0 Å². The highest BCUT2D eigenvalue weighted by molar-refractivity contribution is 5.81. The molecule has 1 unspecified atom stereocenters. The summed E-state index contributed by atoms with van der Waals surface area (Å²) < 4.78 is 1.37. The van der Waals surface area contributed by atoms with Crippen LogP contribution in [-0.4, -0.2) is 47.9 Å². The third-order valence-electron chi connectivity index (χ3n) is 2.03. The van der Waals surface area contributed by atoms with Crippen LogP contribution in [0, 0.1) is 0 Å². The van der Waals surface area contributed by atoms with E-state index in [1.54, 1.807) is 0 Å². The number of nitrogens with zero attached hydrogens (tertiary/aromatic N) is 5. The smallest absolute Gasteiger partial charge is 0.183 e. The molecular weight excluding hydrogens is 214 g/mol. The summed E-state index contributed by atoms with van der Waals surface area (Å²) in [7, 11) is 0. The van der Waals surface area contributed by atoms with Crippen LogP contribution in [0.3, 0.4) is 0 Å². The molecule has 0 fully saturated rings. The first-order valence-electron chi connectivity index (χ1n) is 4.56. The van der Waals surface area contributed by atoms with Crippen molar-refractivity contribution >= 4 is 17.0 Å². The number of anilines is 1. The fourth-order valence-electron chi connectivity index (χ4n) is 1.28. The van der Waals surface area contributed by atoms with E-state index in [9.17, 15) is 5.11 Å². The van der Waals surface area contributed by atoms with E-state index in [1.165, 1.54) is 11.0 Å². The molecule has 16 heavy (non-hydrogen) atoms. The van der Waals surface area contributed by atoms with Crippen LogP contribution in [0.1, 0.15) is 0 Å². The number of hydrazine groups is 1. The summed E-state index contributed by atoms with van der Waals surface area (Å²) >= 11 is 0. The molecular formula is C7H11N7O2. The van der Waals surface area contributed by atoms with Crippen LogP contribution in [0.25, 0.3) is 11.2 Å². The highest BCUT2D eigenvalue weighted by atomic mass is 16.3. The maximum absolute atomic E-state index is 9.29. The predicted octanol–water partition coefficient (Wildman–Crippen LogP) is -2.14. The van der Waals surface area contributed by atoms with E-state index in [4.69, 9.17) is 10.9 Å². The Balaban J connectivity index is 2.41. The number of aliphatic hydroxyl groups is 2. The van der Waals surface area contributed by atoms with Crippen molar-refractivity contribution in [2.24, 2.45) is 5.84 Å². The minimum atomic E-state index is -0.908. The quantitative estimate of drug-likeness (QED) is 0.342. The summed E-state index contributed by atoms with van der Waals surface area (Å²) in [6.07, 6.45) is 0.400. The highest BCUT2D eigenvalue weighted by Gasteiger charge is 2.13. The lowest BCUT2D eigenvalue weighted by molar-refractivity contribution is 0.0787. The van der Waals surface area contributed by atoms with E-state index in [2.05, 4.69) is 25.7 Å². The molecule has 0 aliphatic heterocycles. The van der Waals surface area contributed by atoms with Crippen LogP contribution in [0.5, 0.6) is 0 Å². The number of nitrogens with two attached hydrogens (primary N) is 1. The van der Waals surface area contributed by atoms with Crippen LogP contribution in [-0.2, 0) is 6.54 Å². The third kappa shape index (κ3) is 1.78. The normalized spacial score (nSPS) is 12.9. The van der Waals surface area contributed by atoms with E-state index in [0.717, 1.165) is 0 Å². The van der Waals surface area contributed by atoms with Crippen molar-refractivity contribution in [3.8, 4) is 0 Å². The van der Waals surface area contributed by atoms with Gasteiger partial charge in [-0.15, -0.1) is 5.10 Å². The van der Waals surface area contributed by atoms with Crippen molar-refractivity contribution in [3.05, 3.63) is 6.33 Å². The molecule has 0 saturated heterocycles. The zero-order valence-corrected chi connectivity index (χ0v) is 8.28. The van der Waals surface area contributed by atoms with Crippen molar-refractivity contribution in [1.82, 2.24) is 25.0 Å². The van der Waals surface area contributed by atoms with Crippen molar-refractivity contribution < 1.29 is 10.2 Å². The Labute approximate surface area is 89.9 Å². The fourth-order valence-corrected chi connectivity index (χ4v) is 1.28. The molecule has 0 bridgehead atoms. The number of hydrogen-bond donors (Lipinski definition) is 4. The monoisotopic (exact) mass is 225 g/mol. The number of rotatable bonds is 4. The molecule has 0 radical (unpaired) electrons. The molecule has 5 N–H and O–H groups in total. The van der Waals surface area contributed by atoms with Gasteiger partial charge in [-0.3, -0.25) is 0 Å². The van der Waals surface area contributed by atoms with Gasteiger partial charge in [-0.25, -0.2) is 20.5 Å². The summed E-state index contributed by atoms with van der Waals surface area (Å²) in [6.45, 7) is -0.248. The topological polar surface area (TPSA) is 135 Å². The molecule has 1 atom stereocenters. The molecule has 2 aromatic rings. The molecule has 0 aliphatic carbocycles. The van der Waals surface area contributed by atoms with Crippen molar-refractivity contribution in [1.29, 1.82) is 0 Å². The number of fused-ring (bicyclic) bond motifs is 1. The minimum Gasteiger partial charge on any atom is -0.394 e. The minimum absolute atomic E-state index is 0.105. The van der Waals surface area contributed by atoms with Crippen LogP contribution in [0.2, 0.25) is 0 Å². The van der Waals surface area contributed by atoms with Crippen molar-refractivity contribution in [2.45, 2.75) is 12.6 Å². The second-order valence-corrected chi connectivity index (χ2v) is 3.15. The Hall–Kier alpha value is -1.84. The third-order valence-corrected chi connectivity index (χ3v) is 2.03. The van der Waals surface area contributed by atoms with Crippen LogP contribution in [0.4, 0.5) is 5.82 Å². The number of nitrogen functional groups attached to an aromatic ring is 1. The van der Waals surface area contributed by atoms with E-state index in [-0.39, 0.29) is 13.2 Å². The fraction of sp³-hybridized carbons (Fsp3) is 0.429. The largest absolute Gasteiger partial charge is 0.394 e. The summed E-state index contributed by atoms with van der Waals surface area (Å²) in [5.41, 5.74) is 3.22. The average Bonchev–Trinajstić information content (AvgIpc) is 2.72. The van der Waals surface area contributed by atoms with E-state index in [1.807, 2.05) is 0 Å². The van der Waals surface area contributed by atoms with Gasteiger partial charge in [-0.2, -0.15) is 0 Å². The molecule has 0 saturated carbocycles. The maximum Gasteiger partial charge on any atom is 0.183 e. The Kier molecular flexibility index (Phi) is 2.90. The summed E-state index contributed by atoms with van der Waals surface area (Å²) in [4.78, 5) is 7.84. The number of nitrogens with one attached hydrogen (secondary N) is 1. The lowest BCUT2D eigenvalue weighted by Gasteiger charge is -2.06. The van der Waals surface area contributed by atoms with Crippen LogP contribution >= 0.6 is 0 Å². The number of hydrogen-bond acceptors (Lipinski definition) is 8. The first-order valence-corrected chi connectivity index (χ1v) is 4.56. The first-order chi connectivity index (χ1) is 7.76. The lowest BCUT2D eigenvalue weighted by atomic mass is 10.4. The molecule has 86 valence electrons. The Bertz CT molecular complexity index is 485. The predicted molar refractivity (Wildman–Crippen MR) is 54.0 cm³/mol. The van der Waals surface area contributed by atoms with Crippen LogP contribution in [0.15, 0.2) is 6.33 Å². The van der Waals surface area contributed by atoms with Gasteiger partial charge in [0.05, 0.1) is 19.3 Å². The molecule has 0 spiro atoms. The average molecular weight is 225 g/mol. The molecule has 0 aromatic carbocycles. The molecule has 9 nitrogen and oxygen atoms in total. The second kappa shape index (κ2) is 4.35. The summed E-state index contributed by atoms with van der Waals surface area (Å²) in [6, 6.07) is 0. The summed E-state index contributed by atoms with van der Waals surface area (Å²) in [5.74, 6) is 5.60. The zero-order valence-electron chi connectivity index (χ0n) is 8.28. The first kappa shape index (κ1) is 10.7. The molecule has 2 heterocycles. The number of aliphatic hydroxyl groups excluding tert-OH is 2. The Morgan fingerprint density at radius 1 is 1.50 bits per heavy atom. The van der Waals surface area contributed by atoms with E-state index >= 15 is 0 Å². The second-order valence-electron chi connectivity index (χ2n) is 3.15. The molecule has 2 rings (SSSR count). The van der Waals surface area contributed by atoms with Gasteiger partial charge in [0.15, 0.2) is 17.0 Å². The van der Waals surface area contributed by atoms with E-state index < -0.39 is 6.10 Å². The van der Waals surface area contributed by atoms with Gasteiger partial charge in [-0.1, -0.05) is 5.21 Å². The lowest BCUT2D eigenvalue weighted by Crippen LogP contribution is -2.20. The van der Waals surface area contributed by atoms with Gasteiger partial charge in [-0.05, 0) is 0 Å². The van der Waals surface area contributed by atoms with Crippen LogP contribution < -0.4 is 11.3 Å². The SMILES string of the molecule is NNc1ncnc2c1nnn2CC(O)CO. The maximum atomic E-state index is 9.29. The van der Waals surface area contributed by atoms with Gasteiger partial charge >= 0.3 is 0 Å². The van der Waals surface area contributed by atoms with Crippen molar-refractivity contribution in [3.63, 3.8) is 0 Å². The standard InChI is InChI=1S/C7H11N7O2/c8-11-6-5-7(10-3-9-6)14(13-12-5)1-4(16)2-15/h3-4,15-16H,1-2,8H2,(H,9,10,11). The molecule has 2 aromatic heterocycles. The van der Waals surface area contributed by atoms with Gasteiger partial charge in [0, 0.05) is 0 Å². The van der Waals surface area contributed by atoms with Crippen molar-refractivity contribution in [2.75, 3.05) is 12.0 Å². The Morgan fingerprint density at radius 3 is 3.00 bits per heavy atom. The molecule has 0 amide bonds. The number of aromatic nitrogens is 5.